The summed E-state index contributed by atoms with van der Waals surface area (Å²) in [6.45, 7) is 5.53. The number of furan rings is 1. The van der Waals surface area contributed by atoms with E-state index in [0.29, 0.717) is 17.0 Å². The smallest absolute Gasteiger partial charge is 0.245 e. The van der Waals surface area contributed by atoms with Crippen LogP contribution in [0.1, 0.15) is 22.6 Å². The lowest BCUT2D eigenvalue weighted by Crippen LogP contribution is -2.28. The van der Waals surface area contributed by atoms with Gasteiger partial charge in [0, 0.05) is 7.05 Å². The van der Waals surface area contributed by atoms with Gasteiger partial charge in [0.05, 0.1) is 12.2 Å². The Bertz CT molecular complexity index is 763. The van der Waals surface area contributed by atoms with Gasteiger partial charge in [-0.05, 0) is 44.0 Å². The van der Waals surface area contributed by atoms with Crippen molar-refractivity contribution in [1.82, 2.24) is 4.31 Å². The van der Waals surface area contributed by atoms with E-state index in [1.165, 1.54) is 11.4 Å². The molecule has 0 aliphatic rings. The normalized spacial score (nSPS) is 12.0. The Morgan fingerprint density at radius 2 is 1.71 bits per heavy atom. The summed E-state index contributed by atoms with van der Waals surface area (Å²) in [6, 6.07) is 7.17. The average molecular weight is 308 g/mol. The molecule has 1 aromatic carbocycles. The van der Waals surface area contributed by atoms with Crippen molar-refractivity contribution in [3.05, 3.63) is 46.9 Å². The topological polar surface area (TPSA) is 76.5 Å². The third-order valence-electron chi connectivity index (χ3n) is 3.45. The Morgan fingerprint density at radius 1 is 1.10 bits per heavy atom. The lowest BCUT2D eigenvalue weighted by molar-refractivity contribution is 0.397. The van der Waals surface area contributed by atoms with Crippen molar-refractivity contribution in [2.75, 3.05) is 12.8 Å². The van der Waals surface area contributed by atoms with E-state index in [-0.39, 0.29) is 11.4 Å². The summed E-state index contributed by atoms with van der Waals surface area (Å²) in [4.78, 5) is 0.174. The van der Waals surface area contributed by atoms with E-state index in [0.717, 1.165) is 11.3 Å². The molecule has 0 saturated carbocycles. The molecule has 6 heteroatoms. The van der Waals surface area contributed by atoms with E-state index in [2.05, 4.69) is 0 Å². The average Bonchev–Trinajstić information content (AvgIpc) is 2.79. The van der Waals surface area contributed by atoms with E-state index in [1.807, 2.05) is 19.1 Å². The van der Waals surface area contributed by atoms with Crippen LogP contribution in [0.3, 0.4) is 0 Å². The molecule has 0 unspecified atom stereocenters. The van der Waals surface area contributed by atoms with Gasteiger partial charge in [-0.25, -0.2) is 8.42 Å². The van der Waals surface area contributed by atoms with Crippen LogP contribution in [-0.4, -0.2) is 19.8 Å². The second-order valence-corrected chi connectivity index (χ2v) is 7.20. The van der Waals surface area contributed by atoms with Gasteiger partial charge in [-0.1, -0.05) is 12.1 Å². The summed E-state index contributed by atoms with van der Waals surface area (Å²) in [5.74, 6) is 1.35. The predicted molar refractivity (Wildman–Crippen MR) is 82.4 cm³/mol. The fraction of sp³-hybridized carbons (Fsp3) is 0.333. The lowest BCUT2D eigenvalue weighted by Gasteiger charge is -2.19. The minimum atomic E-state index is -3.66. The number of nitrogens with zero attached hydrogens (tertiary/aromatic N) is 1. The summed E-state index contributed by atoms with van der Waals surface area (Å²) in [7, 11) is -2.14. The molecule has 0 aliphatic carbocycles. The van der Waals surface area contributed by atoms with Crippen LogP contribution in [-0.2, 0) is 16.6 Å². The quantitative estimate of drug-likeness (QED) is 0.881. The molecular weight excluding hydrogens is 288 g/mol. The van der Waals surface area contributed by atoms with Gasteiger partial charge in [-0.2, -0.15) is 4.31 Å². The van der Waals surface area contributed by atoms with Crippen LogP contribution in [0.4, 0.5) is 5.69 Å². The van der Waals surface area contributed by atoms with Gasteiger partial charge in [0.2, 0.25) is 10.0 Å². The van der Waals surface area contributed by atoms with Crippen LogP contribution in [0.15, 0.2) is 33.6 Å². The maximum Gasteiger partial charge on any atom is 0.245 e. The number of nitrogens with two attached hydrogens (primary N) is 1. The molecule has 21 heavy (non-hydrogen) atoms. The Morgan fingerprint density at radius 3 is 2.29 bits per heavy atom. The summed E-state index contributed by atoms with van der Waals surface area (Å²) in [5.41, 5.74) is 7.67. The molecule has 0 spiro atoms. The van der Waals surface area contributed by atoms with Crippen molar-refractivity contribution in [2.45, 2.75) is 32.2 Å². The number of sulfonamides is 1. The first kappa shape index (κ1) is 15.6. The highest BCUT2D eigenvalue weighted by Crippen LogP contribution is 2.29. The Balaban J connectivity index is 2.40. The van der Waals surface area contributed by atoms with E-state index in [4.69, 9.17) is 10.2 Å². The number of aryl methyl sites for hydroxylation is 3. The van der Waals surface area contributed by atoms with Gasteiger partial charge in [0.15, 0.2) is 0 Å². The highest BCUT2D eigenvalue weighted by molar-refractivity contribution is 7.89. The van der Waals surface area contributed by atoms with Gasteiger partial charge in [0.25, 0.3) is 0 Å². The third-order valence-corrected chi connectivity index (χ3v) is 5.46. The molecule has 2 N–H and O–H groups in total. The molecule has 0 amide bonds. The van der Waals surface area contributed by atoms with Crippen molar-refractivity contribution < 1.29 is 12.8 Å². The van der Waals surface area contributed by atoms with Crippen molar-refractivity contribution >= 4 is 15.7 Å². The summed E-state index contributed by atoms with van der Waals surface area (Å²) in [5, 5.41) is 0. The zero-order valence-corrected chi connectivity index (χ0v) is 13.5. The van der Waals surface area contributed by atoms with E-state index in [9.17, 15) is 8.42 Å². The van der Waals surface area contributed by atoms with E-state index < -0.39 is 10.0 Å². The first-order chi connectivity index (χ1) is 9.73. The van der Waals surface area contributed by atoms with Gasteiger partial charge >= 0.3 is 0 Å². The first-order valence-electron chi connectivity index (χ1n) is 6.61. The van der Waals surface area contributed by atoms with Crippen molar-refractivity contribution in [1.29, 1.82) is 0 Å². The van der Waals surface area contributed by atoms with Crippen LogP contribution < -0.4 is 5.73 Å². The standard InChI is InChI=1S/C15H20N2O3S/c1-10-5-6-11(2)15(14(10)16)21(18,19)17(4)9-13-8-7-12(3)20-13/h5-8H,9,16H2,1-4H3. The van der Waals surface area contributed by atoms with E-state index >= 15 is 0 Å². The van der Waals surface area contributed by atoms with E-state index in [1.54, 1.807) is 26.0 Å². The number of hydrogen-bond donors (Lipinski definition) is 1. The van der Waals surface area contributed by atoms with Crippen molar-refractivity contribution in [3.63, 3.8) is 0 Å². The molecule has 5 nitrogen and oxygen atoms in total. The summed E-state index contributed by atoms with van der Waals surface area (Å²) >= 11 is 0. The molecule has 2 aromatic rings. The second-order valence-electron chi connectivity index (χ2n) is 5.22. The molecule has 0 fully saturated rings. The SMILES string of the molecule is Cc1ccc(CN(C)S(=O)(=O)c2c(C)ccc(C)c2N)o1. The maximum atomic E-state index is 12.7. The van der Waals surface area contributed by atoms with Gasteiger partial charge in [-0.15, -0.1) is 0 Å². The number of nitrogen functional groups attached to an aromatic ring is 1. The molecule has 0 aliphatic heterocycles. The fourth-order valence-electron chi connectivity index (χ4n) is 2.18. The molecule has 1 aromatic heterocycles. The highest BCUT2D eigenvalue weighted by atomic mass is 32.2. The Hall–Kier alpha value is -1.79. The maximum absolute atomic E-state index is 12.7. The molecule has 0 saturated heterocycles. The molecule has 1 heterocycles. The zero-order valence-electron chi connectivity index (χ0n) is 12.7. The molecule has 0 bridgehead atoms. The predicted octanol–water partition coefficient (Wildman–Crippen LogP) is 2.61. The molecule has 0 atom stereocenters. The minimum Gasteiger partial charge on any atom is -0.465 e. The van der Waals surface area contributed by atoms with Crippen LogP contribution in [0, 0.1) is 20.8 Å². The van der Waals surface area contributed by atoms with Crippen LogP contribution in [0.5, 0.6) is 0 Å². The second kappa shape index (κ2) is 5.54. The number of hydrogen-bond acceptors (Lipinski definition) is 4. The fourth-order valence-corrected chi connectivity index (χ4v) is 3.70. The number of anilines is 1. The minimum absolute atomic E-state index is 0.170. The molecular formula is C15H20N2O3S. The van der Waals surface area contributed by atoms with Crippen LogP contribution in [0.25, 0.3) is 0 Å². The molecule has 2 rings (SSSR count). The zero-order chi connectivity index (χ0) is 15.8. The number of benzene rings is 1. The highest BCUT2D eigenvalue weighted by Gasteiger charge is 2.26. The van der Waals surface area contributed by atoms with Crippen molar-refractivity contribution in [2.24, 2.45) is 0 Å². The number of rotatable bonds is 4. The summed E-state index contributed by atoms with van der Waals surface area (Å²) < 4.78 is 32.2. The van der Waals surface area contributed by atoms with Crippen LogP contribution >= 0.6 is 0 Å². The van der Waals surface area contributed by atoms with Gasteiger partial charge < -0.3 is 10.2 Å². The third kappa shape index (κ3) is 2.96. The Labute approximate surface area is 125 Å². The summed E-state index contributed by atoms with van der Waals surface area (Å²) in [6.07, 6.45) is 0. The van der Waals surface area contributed by atoms with Crippen LogP contribution in [0.2, 0.25) is 0 Å². The Kier molecular flexibility index (Phi) is 4.11. The monoisotopic (exact) mass is 308 g/mol. The molecule has 114 valence electrons. The largest absolute Gasteiger partial charge is 0.465 e. The van der Waals surface area contributed by atoms with Gasteiger partial charge in [0.1, 0.15) is 16.4 Å². The lowest BCUT2D eigenvalue weighted by atomic mass is 10.1. The van der Waals surface area contributed by atoms with Crippen molar-refractivity contribution in [3.8, 4) is 0 Å². The van der Waals surface area contributed by atoms with Gasteiger partial charge in [-0.3, -0.25) is 0 Å². The molecule has 0 radical (unpaired) electrons. The first-order valence-corrected chi connectivity index (χ1v) is 8.05.